The molecule has 140 valence electrons. The van der Waals surface area contributed by atoms with Crippen molar-refractivity contribution in [1.82, 2.24) is 10.2 Å². The van der Waals surface area contributed by atoms with Crippen molar-refractivity contribution in [3.05, 3.63) is 29.3 Å². The van der Waals surface area contributed by atoms with E-state index in [0.717, 1.165) is 25.0 Å². The Morgan fingerprint density at radius 3 is 2.96 bits per heavy atom. The number of carbonyl (C=O) groups is 2. The first-order valence-corrected chi connectivity index (χ1v) is 9.79. The quantitative estimate of drug-likeness (QED) is 0.886. The normalized spacial score (nSPS) is 30.5. The molecule has 1 N–H and O–H groups in total. The first kappa shape index (κ1) is 17.4. The Balaban J connectivity index is 1.62. The standard InChI is InChI=1S/C21H28N2O3/c1-13(2)15-5-6-18-16(11-15)21(7-10-26-18)12-17(21)20(25)23-9-4-8-22-19(24)14(23)3/h5-6,11,13-14,17H,4,7-10,12H2,1-3H3,(H,22,24)/t14-,17-,21-/m0/s1. The van der Waals surface area contributed by atoms with Crippen molar-refractivity contribution in [2.24, 2.45) is 5.92 Å². The Bertz CT molecular complexity index is 745. The van der Waals surface area contributed by atoms with E-state index in [-0.39, 0.29) is 29.2 Å². The van der Waals surface area contributed by atoms with E-state index in [1.807, 2.05) is 6.92 Å². The Morgan fingerprint density at radius 1 is 1.38 bits per heavy atom. The number of benzene rings is 1. The van der Waals surface area contributed by atoms with Gasteiger partial charge in [-0.25, -0.2) is 0 Å². The van der Waals surface area contributed by atoms with Gasteiger partial charge in [-0.15, -0.1) is 0 Å². The van der Waals surface area contributed by atoms with Crippen LogP contribution in [-0.2, 0) is 15.0 Å². The van der Waals surface area contributed by atoms with Crippen molar-refractivity contribution < 1.29 is 14.3 Å². The first-order chi connectivity index (χ1) is 12.4. The van der Waals surface area contributed by atoms with Crippen LogP contribution in [0.3, 0.4) is 0 Å². The van der Waals surface area contributed by atoms with Crippen LogP contribution in [0.5, 0.6) is 5.75 Å². The summed E-state index contributed by atoms with van der Waals surface area (Å²) in [6.45, 7) is 8.17. The molecule has 5 heteroatoms. The van der Waals surface area contributed by atoms with Crippen molar-refractivity contribution in [3.8, 4) is 5.75 Å². The monoisotopic (exact) mass is 356 g/mol. The van der Waals surface area contributed by atoms with Crippen molar-refractivity contribution in [1.29, 1.82) is 0 Å². The molecule has 1 saturated heterocycles. The molecule has 2 amide bonds. The zero-order chi connectivity index (χ0) is 18.5. The predicted octanol–water partition coefficient (Wildman–Crippen LogP) is 2.59. The van der Waals surface area contributed by atoms with Gasteiger partial charge in [-0.1, -0.05) is 26.0 Å². The number of carbonyl (C=O) groups excluding carboxylic acids is 2. The Labute approximate surface area is 155 Å². The van der Waals surface area contributed by atoms with Gasteiger partial charge >= 0.3 is 0 Å². The van der Waals surface area contributed by atoms with Crippen molar-refractivity contribution >= 4 is 11.8 Å². The highest BCUT2D eigenvalue weighted by atomic mass is 16.5. The van der Waals surface area contributed by atoms with Crippen LogP contribution in [0.25, 0.3) is 0 Å². The number of fused-ring (bicyclic) bond motifs is 2. The maximum atomic E-state index is 13.3. The van der Waals surface area contributed by atoms with Gasteiger partial charge in [0.05, 0.1) is 6.61 Å². The van der Waals surface area contributed by atoms with Crippen LogP contribution < -0.4 is 10.1 Å². The average Bonchev–Trinajstić information content (AvgIpc) is 3.37. The van der Waals surface area contributed by atoms with Crippen LogP contribution in [-0.4, -0.2) is 42.5 Å². The van der Waals surface area contributed by atoms with E-state index >= 15 is 0 Å². The SMILES string of the molecule is CC(C)c1ccc2c(c1)[C@]1(CCO2)C[C@H]1C(=O)N1CCCNC(=O)[C@@H]1C. The molecule has 3 atom stereocenters. The topological polar surface area (TPSA) is 58.6 Å². The second-order valence-electron chi connectivity index (χ2n) is 8.27. The van der Waals surface area contributed by atoms with Gasteiger partial charge < -0.3 is 15.0 Å². The lowest BCUT2D eigenvalue weighted by Gasteiger charge is -2.30. The molecule has 2 fully saturated rings. The first-order valence-electron chi connectivity index (χ1n) is 9.79. The largest absolute Gasteiger partial charge is 0.493 e. The summed E-state index contributed by atoms with van der Waals surface area (Å²) < 4.78 is 5.88. The molecule has 0 bridgehead atoms. The van der Waals surface area contributed by atoms with Gasteiger partial charge in [-0.2, -0.15) is 0 Å². The van der Waals surface area contributed by atoms with Crippen LogP contribution in [0.4, 0.5) is 0 Å². The van der Waals surface area contributed by atoms with E-state index in [0.29, 0.717) is 25.6 Å². The fourth-order valence-electron chi connectivity index (χ4n) is 4.55. The molecule has 1 aliphatic carbocycles. The molecule has 2 aliphatic heterocycles. The number of nitrogens with zero attached hydrogens (tertiary/aromatic N) is 1. The van der Waals surface area contributed by atoms with Crippen LogP contribution in [0.2, 0.25) is 0 Å². The molecule has 3 aliphatic rings. The molecular formula is C21H28N2O3. The molecule has 26 heavy (non-hydrogen) atoms. The minimum Gasteiger partial charge on any atom is -0.493 e. The maximum absolute atomic E-state index is 13.3. The molecule has 5 nitrogen and oxygen atoms in total. The van der Waals surface area contributed by atoms with E-state index in [1.54, 1.807) is 4.90 Å². The summed E-state index contributed by atoms with van der Waals surface area (Å²) in [5.41, 5.74) is 2.38. The third kappa shape index (κ3) is 2.68. The predicted molar refractivity (Wildman–Crippen MR) is 99.2 cm³/mol. The number of amides is 2. The molecular weight excluding hydrogens is 328 g/mol. The third-order valence-corrected chi connectivity index (χ3v) is 6.39. The van der Waals surface area contributed by atoms with Gasteiger partial charge in [0, 0.05) is 30.0 Å². The summed E-state index contributed by atoms with van der Waals surface area (Å²) in [7, 11) is 0. The summed E-state index contributed by atoms with van der Waals surface area (Å²) in [4.78, 5) is 27.2. The highest BCUT2D eigenvalue weighted by Crippen LogP contribution is 2.61. The van der Waals surface area contributed by atoms with Gasteiger partial charge in [-0.05, 0) is 43.7 Å². The second-order valence-corrected chi connectivity index (χ2v) is 8.27. The van der Waals surface area contributed by atoms with E-state index < -0.39 is 0 Å². The highest BCUT2D eigenvalue weighted by Gasteiger charge is 2.62. The van der Waals surface area contributed by atoms with Crippen molar-refractivity contribution in [2.75, 3.05) is 19.7 Å². The van der Waals surface area contributed by atoms with Crippen molar-refractivity contribution in [2.45, 2.75) is 57.4 Å². The molecule has 2 heterocycles. The Morgan fingerprint density at radius 2 is 2.19 bits per heavy atom. The molecule has 1 aromatic carbocycles. The zero-order valence-electron chi connectivity index (χ0n) is 15.9. The lowest BCUT2D eigenvalue weighted by molar-refractivity contribution is -0.140. The Kier molecular flexibility index (Phi) is 4.20. The highest BCUT2D eigenvalue weighted by molar-refractivity contribution is 5.91. The Hall–Kier alpha value is -2.04. The maximum Gasteiger partial charge on any atom is 0.242 e. The summed E-state index contributed by atoms with van der Waals surface area (Å²) in [6.07, 6.45) is 2.57. The summed E-state index contributed by atoms with van der Waals surface area (Å²) in [5, 5.41) is 2.89. The number of ether oxygens (including phenoxy) is 1. The second kappa shape index (κ2) is 6.29. The molecule has 1 aromatic rings. The van der Waals surface area contributed by atoms with Gasteiger partial charge in [0.1, 0.15) is 11.8 Å². The smallest absolute Gasteiger partial charge is 0.242 e. The molecule has 1 saturated carbocycles. The molecule has 4 rings (SSSR count). The number of rotatable bonds is 2. The van der Waals surface area contributed by atoms with E-state index in [1.165, 1.54) is 11.1 Å². The van der Waals surface area contributed by atoms with Crippen LogP contribution in [0.15, 0.2) is 18.2 Å². The summed E-state index contributed by atoms with van der Waals surface area (Å²) in [5.74, 6) is 1.44. The van der Waals surface area contributed by atoms with Gasteiger partial charge in [0.25, 0.3) is 0 Å². The third-order valence-electron chi connectivity index (χ3n) is 6.39. The molecule has 0 aromatic heterocycles. The number of hydrogen-bond donors (Lipinski definition) is 1. The average molecular weight is 356 g/mol. The fourth-order valence-corrected chi connectivity index (χ4v) is 4.55. The van der Waals surface area contributed by atoms with E-state index in [2.05, 4.69) is 37.4 Å². The zero-order valence-corrected chi connectivity index (χ0v) is 15.9. The minimum atomic E-state index is -0.385. The van der Waals surface area contributed by atoms with Gasteiger partial charge in [0.15, 0.2) is 0 Å². The summed E-state index contributed by atoms with van der Waals surface area (Å²) in [6, 6.07) is 6.05. The molecule has 0 radical (unpaired) electrons. The molecule has 0 unspecified atom stereocenters. The van der Waals surface area contributed by atoms with Gasteiger partial charge in [0.2, 0.25) is 11.8 Å². The lowest BCUT2D eigenvalue weighted by atomic mass is 9.85. The van der Waals surface area contributed by atoms with Crippen LogP contribution in [0, 0.1) is 5.92 Å². The van der Waals surface area contributed by atoms with Crippen LogP contribution in [0.1, 0.15) is 57.1 Å². The minimum absolute atomic E-state index is 0.0269. The van der Waals surface area contributed by atoms with Gasteiger partial charge in [-0.3, -0.25) is 9.59 Å². The van der Waals surface area contributed by atoms with E-state index in [9.17, 15) is 9.59 Å². The van der Waals surface area contributed by atoms with E-state index in [4.69, 9.17) is 4.74 Å². The molecule has 1 spiro atoms. The van der Waals surface area contributed by atoms with Crippen molar-refractivity contribution in [3.63, 3.8) is 0 Å². The lowest BCUT2D eigenvalue weighted by Crippen LogP contribution is -2.46. The number of hydrogen-bond acceptors (Lipinski definition) is 3. The fraction of sp³-hybridized carbons (Fsp3) is 0.619. The summed E-state index contributed by atoms with van der Waals surface area (Å²) >= 11 is 0. The van der Waals surface area contributed by atoms with Crippen LogP contribution >= 0.6 is 0 Å². The number of nitrogens with one attached hydrogen (secondary N) is 1.